The summed E-state index contributed by atoms with van der Waals surface area (Å²) in [5.41, 5.74) is 0. The molecule has 0 unspecified atom stereocenters. The molecular weight excluding hydrogens is 282 g/mol. The normalized spacial score (nSPS) is 11.0. The average molecular weight is 300 g/mol. The summed E-state index contributed by atoms with van der Waals surface area (Å²) in [5.74, 6) is 0. The Morgan fingerprint density at radius 2 is 1.75 bits per heavy atom. The second-order valence-corrected chi connectivity index (χ2v) is 7.31. The van der Waals surface area contributed by atoms with E-state index in [0.717, 1.165) is 6.42 Å². The standard InChI is InChI=1S/C8H17O.ClH.H2O.Sn/c1-2-3-4-5-6-7-8-9;;;/h2-8H2,1H3;1H;1H2;/q-1;;;+3/p-2. The van der Waals surface area contributed by atoms with E-state index in [1.807, 2.05) is 0 Å². The molecule has 0 aromatic carbocycles. The van der Waals surface area contributed by atoms with Crippen molar-refractivity contribution in [2.75, 3.05) is 6.61 Å². The quantitative estimate of drug-likeness (QED) is 0.551. The Labute approximate surface area is 86.8 Å². The molecule has 73 valence electrons. The predicted octanol–water partition coefficient (Wildman–Crippen LogP) is 2.58. The molecule has 4 heteroatoms. The molecular formula is C8H18ClO2Sn. The van der Waals surface area contributed by atoms with E-state index in [1.54, 1.807) is 0 Å². The number of hydrogen-bond donors (Lipinski definition) is 1. The van der Waals surface area contributed by atoms with Gasteiger partial charge in [-0.15, -0.1) is 0 Å². The summed E-state index contributed by atoms with van der Waals surface area (Å²) >= 11 is -2.74. The Balaban J connectivity index is 2.82. The molecule has 0 saturated heterocycles. The zero-order valence-electron chi connectivity index (χ0n) is 7.68. The van der Waals surface area contributed by atoms with Gasteiger partial charge in [-0.05, 0) is 0 Å². The second kappa shape index (κ2) is 10.1. The van der Waals surface area contributed by atoms with Crippen LogP contribution in [0.5, 0.6) is 0 Å². The molecule has 0 amide bonds. The minimum absolute atomic E-state index is 0.654. The van der Waals surface area contributed by atoms with Crippen molar-refractivity contribution in [3.63, 3.8) is 0 Å². The van der Waals surface area contributed by atoms with Gasteiger partial charge in [-0.25, -0.2) is 0 Å². The number of rotatable bonds is 8. The van der Waals surface area contributed by atoms with E-state index >= 15 is 0 Å². The van der Waals surface area contributed by atoms with E-state index in [4.69, 9.17) is 15.4 Å². The average Bonchev–Trinajstić information content (AvgIpc) is 2.02. The van der Waals surface area contributed by atoms with Crippen molar-refractivity contribution < 1.29 is 6.52 Å². The van der Waals surface area contributed by atoms with E-state index in [1.165, 1.54) is 32.1 Å². The summed E-state index contributed by atoms with van der Waals surface area (Å²) in [6, 6.07) is 0. The molecule has 0 atom stereocenters. The molecule has 1 radical (unpaired) electrons. The number of hydrogen-bond acceptors (Lipinski definition) is 2. The summed E-state index contributed by atoms with van der Waals surface area (Å²) in [7, 11) is 5.37. The molecule has 0 aromatic rings. The van der Waals surface area contributed by atoms with Crippen molar-refractivity contribution in [1.29, 1.82) is 0 Å². The molecule has 0 aliphatic carbocycles. The van der Waals surface area contributed by atoms with Crippen LogP contribution < -0.4 is 0 Å². The van der Waals surface area contributed by atoms with Gasteiger partial charge in [0, 0.05) is 0 Å². The molecule has 0 heterocycles. The van der Waals surface area contributed by atoms with E-state index in [-0.39, 0.29) is 0 Å². The summed E-state index contributed by atoms with van der Waals surface area (Å²) in [5, 5.41) is 0. The van der Waals surface area contributed by atoms with Crippen molar-refractivity contribution in [2.45, 2.75) is 45.4 Å². The fourth-order valence-electron chi connectivity index (χ4n) is 1.04. The van der Waals surface area contributed by atoms with E-state index in [9.17, 15) is 0 Å². The second-order valence-electron chi connectivity index (χ2n) is 2.87. The van der Waals surface area contributed by atoms with Crippen molar-refractivity contribution in [3.8, 4) is 0 Å². The SMILES string of the molecule is CCCCCCCC[O][Sn]([OH])[Cl]. The number of unbranched alkanes of at least 4 members (excludes halogenated alkanes) is 5. The van der Waals surface area contributed by atoms with E-state index < -0.39 is 19.5 Å². The topological polar surface area (TPSA) is 29.5 Å². The van der Waals surface area contributed by atoms with Gasteiger partial charge in [0.15, 0.2) is 0 Å². The monoisotopic (exact) mass is 301 g/mol. The van der Waals surface area contributed by atoms with Crippen LogP contribution in [0.15, 0.2) is 0 Å². The molecule has 2 nitrogen and oxygen atoms in total. The van der Waals surface area contributed by atoms with Crippen molar-refractivity contribution in [2.24, 2.45) is 0 Å². The van der Waals surface area contributed by atoms with E-state index in [2.05, 4.69) is 6.92 Å². The summed E-state index contributed by atoms with van der Waals surface area (Å²) in [4.78, 5) is 0. The van der Waals surface area contributed by atoms with Crippen LogP contribution in [0, 0.1) is 0 Å². The fourth-order valence-corrected chi connectivity index (χ4v) is 2.45. The van der Waals surface area contributed by atoms with Crippen LogP contribution in [-0.2, 0) is 3.07 Å². The van der Waals surface area contributed by atoms with Crippen LogP contribution in [0.25, 0.3) is 0 Å². The van der Waals surface area contributed by atoms with Crippen LogP contribution in [-0.4, -0.2) is 29.5 Å². The van der Waals surface area contributed by atoms with Gasteiger partial charge < -0.3 is 0 Å². The third kappa shape index (κ3) is 11.0. The Hall–Kier alpha value is 1.01. The third-order valence-corrected chi connectivity index (χ3v) is 3.71. The first kappa shape index (κ1) is 13.0. The van der Waals surface area contributed by atoms with Gasteiger partial charge in [0.1, 0.15) is 0 Å². The zero-order valence-corrected chi connectivity index (χ0v) is 11.3. The predicted molar refractivity (Wildman–Crippen MR) is 53.2 cm³/mol. The van der Waals surface area contributed by atoms with Gasteiger partial charge in [0.2, 0.25) is 0 Å². The van der Waals surface area contributed by atoms with Crippen molar-refractivity contribution in [3.05, 3.63) is 0 Å². The first-order chi connectivity index (χ1) is 5.77. The molecule has 0 aliphatic heterocycles. The molecule has 0 fully saturated rings. The zero-order chi connectivity index (χ0) is 9.23. The van der Waals surface area contributed by atoms with Crippen LogP contribution in [0.2, 0.25) is 0 Å². The Bertz CT molecular complexity index is 91.1. The molecule has 12 heavy (non-hydrogen) atoms. The molecule has 0 spiro atoms. The fraction of sp³-hybridized carbons (Fsp3) is 1.00. The molecule has 0 aliphatic rings. The van der Waals surface area contributed by atoms with Gasteiger partial charge in [-0.3, -0.25) is 0 Å². The van der Waals surface area contributed by atoms with Gasteiger partial charge in [0.05, 0.1) is 0 Å². The summed E-state index contributed by atoms with van der Waals surface area (Å²) in [6.07, 6.45) is 7.46. The van der Waals surface area contributed by atoms with Gasteiger partial charge in [-0.2, -0.15) is 0 Å². The molecule has 1 N–H and O–H groups in total. The molecule has 0 saturated carbocycles. The maximum absolute atomic E-state index is 8.73. The van der Waals surface area contributed by atoms with E-state index in [0.29, 0.717) is 6.61 Å². The van der Waals surface area contributed by atoms with Crippen molar-refractivity contribution in [1.82, 2.24) is 0 Å². The van der Waals surface area contributed by atoms with Crippen LogP contribution in [0.3, 0.4) is 0 Å². The summed E-state index contributed by atoms with van der Waals surface area (Å²) in [6.45, 7) is 2.86. The third-order valence-electron chi connectivity index (χ3n) is 1.72. The Kier molecular flexibility index (Phi) is 10.9. The Morgan fingerprint density at radius 3 is 2.33 bits per heavy atom. The number of halogens is 1. The van der Waals surface area contributed by atoms with Crippen molar-refractivity contribution >= 4 is 28.4 Å². The molecule has 0 aromatic heterocycles. The first-order valence-electron chi connectivity index (χ1n) is 4.61. The van der Waals surface area contributed by atoms with Gasteiger partial charge in [0.25, 0.3) is 0 Å². The van der Waals surface area contributed by atoms with Crippen LogP contribution in [0.1, 0.15) is 45.4 Å². The van der Waals surface area contributed by atoms with Crippen LogP contribution >= 0.6 is 8.92 Å². The maximum atomic E-state index is 8.73. The van der Waals surface area contributed by atoms with Gasteiger partial charge >= 0.3 is 87.0 Å². The first-order valence-corrected chi connectivity index (χ1v) is 10.7. The van der Waals surface area contributed by atoms with Crippen LogP contribution in [0.4, 0.5) is 0 Å². The molecule has 0 rings (SSSR count). The minimum atomic E-state index is -2.74. The molecule has 0 bridgehead atoms. The summed E-state index contributed by atoms with van der Waals surface area (Å²) < 4.78 is 13.7. The Morgan fingerprint density at radius 1 is 1.17 bits per heavy atom. The van der Waals surface area contributed by atoms with Gasteiger partial charge in [-0.1, -0.05) is 0 Å².